The van der Waals surface area contributed by atoms with Gasteiger partial charge < -0.3 is 14.6 Å². The van der Waals surface area contributed by atoms with Crippen molar-refractivity contribution >= 4 is 11.9 Å². The van der Waals surface area contributed by atoms with Gasteiger partial charge in [0.1, 0.15) is 11.6 Å². The number of hydrogen-bond acceptors (Lipinski definition) is 5. The average Bonchev–Trinajstić information content (AvgIpc) is 3.04. The zero-order chi connectivity index (χ0) is 17.4. The molecule has 130 valence electrons. The fourth-order valence-electron chi connectivity index (χ4n) is 3.53. The summed E-state index contributed by atoms with van der Waals surface area (Å²) in [5.41, 5.74) is 1.41. The van der Waals surface area contributed by atoms with Gasteiger partial charge in [-0.25, -0.2) is 4.79 Å². The molecular weight excluding hydrogens is 320 g/mol. The smallest absolute Gasteiger partial charge is 0.339 e. The summed E-state index contributed by atoms with van der Waals surface area (Å²) in [4.78, 5) is 24.7. The monoisotopic (exact) mass is 340 g/mol. The largest absolute Gasteiger partial charge is 0.448 e. The Bertz CT molecular complexity index is 816. The van der Waals surface area contributed by atoms with E-state index in [1.807, 2.05) is 19.1 Å². The molecule has 0 aliphatic carbocycles. The van der Waals surface area contributed by atoms with E-state index in [2.05, 4.69) is 20.1 Å². The molecule has 25 heavy (non-hydrogen) atoms. The van der Waals surface area contributed by atoms with Crippen LogP contribution < -0.4 is 5.32 Å². The maximum absolute atomic E-state index is 12.6. The Hall–Kier alpha value is -2.70. The van der Waals surface area contributed by atoms with Crippen LogP contribution in [-0.4, -0.2) is 38.8 Å². The highest BCUT2D eigenvalue weighted by Gasteiger charge is 2.33. The van der Waals surface area contributed by atoms with Gasteiger partial charge in [0.2, 0.25) is 0 Å². The number of fused-ring (bicyclic) bond motifs is 2. The molecule has 4 rings (SSSR count). The van der Waals surface area contributed by atoms with Gasteiger partial charge in [0.15, 0.2) is 6.10 Å². The number of carbonyl (C=O) groups is 2. The molecule has 2 aromatic rings. The molecule has 1 N–H and O–H groups in total. The van der Waals surface area contributed by atoms with Crippen LogP contribution in [0.4, 0.5) is 0 Å². The molecule has 2 aliphatic rings. The predicted molar refractivity (Wildman–Crippen MR) is 89.0 cm³/mol. The second-order valence-corrected chi connectivity index (χ2v) is 6.50. The van der Waals surface area contributed by atoms with Crippen molar-refractivity contribution in [3.63, 3.8) is 0 Å². The lowest BCUT2D eigenvalue weighted by Gasteiger charge is -2.28. The van der Waals surface area contributed by atoms with Crippen molar-refractivity contribution in [2.24, 2.45) is 0 Å². The van der Waals surface area contributed by atoms with Gasteiger partial charge in [-0.2, -0.15) is 0 Å². The van der Waals surface area contributed by atoms with Crippen molar-refractivity contribution in [1.29, 1.82) is 0 Å². The Kier molecular flexibility index (Phi) is 3.99. The minimum Gasteiger partial charge on any atom is -0.448 e. The Morgan fingerprint density at radius 2 is 2.20 bits per heavy atom. The number of amides is 1. The summed E-state index contributed by atoms with van der Waals surface area (Å²) in [7, 11) is 0. The fourth-order valence-corrected chi connectivity index (χ4v) is 3.53. The van der Waals surface area contributed by atoms with Gasteiger partial charge in [-0.15, -0.1) is 10.2 Å². The molecular formula is C18H20N4O3. The summed E-state index contributed by atoms with van der Waals surface area (Å²) >= 11 is 0. The standard InChI is InChI=1S/C18H20N4O3/c1-2-15-20-21-16-8-7-12(10-22(15)16)19-17(23)14-9-11-5-3-4-6-13(11)18(24)25-14/h3-6,12,14H,2,7-10H2,1H3,(H,19,23)/t12-,14-/m0/s1. The zero-order valence-electron chi connectivity index (χ0n) is 14.1. The van der Waals surface area contributed by atoms with Crippen molar-refractivity contribution in [1.82, 2.24) is 20.1 Å². The fraction of sp³-hybridized carbons (Fsp3) is 0.444. The number of nitrogens with one attached hydrogen (secondary N) is 1. The van der Waals surface area contributed by atoms with Crippen molar-refractivity contribution in [3.8, 4) is 0 Å². The van der Waals surface area contributed by atoms with Gasteiger partial charge in [0, 0.05) is 31.8 Å². The van der Waals surface area contributed by atoms with E-state index in [1.54, 1.807) is 12.1 Å². The van der Waals surface area contributed by atoms with Gasteiger partial charge in [-0.1, -0.05) is 25.1 Å². The van der Waals surface area contributed by atoms with E-state index in [1.165, 1.54) is 0 Å². The van der Waals surface area contributed by atoms with Crippen LogP contribution in [0.3, 0.4) is 0 Å². The molecule has 0 fully saturated rings. The first-order chi connectivity index (χ1) is 12.2. The number of benzene rings is 1. The third-order valence-corrected chi connectivity index (χ3v) is 4.87. The molecule has 0 unspecified atom stereocenters. The summed E-state index contributed by atoms with van der Waals surface area (Å²) < 4.78 is 7.41. The minimum absolute atomic E-state index is 0.00262. The van der Waals surface area contributed by atoms with Crippen LogP contribution in [0.5, 0.6) is 0 Å². The van der Waals surface area contributed by atoms with E-state index in [0.717, 1.165) is 36.5 Å². The first-order valence-electron chi connectivity index (χ1n) is 8.66. The first kappa shape index (κ1) is 15.8. The van der Waals surface area contributed by atoms with Crippen LogP contribution in [-0.2, 0) is 35.3 Å². The maximum Gasteiger partial charge on any atom is 0.339 e. The molecule has 1 aromatic carbocycles. The van der Waals surface area contributed by atoms with Crippen LogP contribution in [0.15, 0.2) is 24.3 Å². The first-order valence-corrected chi connectivity index (χ1v) is 8.66. The normalized spacial score (nSPS) is 21.9. The lowest BCUT2D eigenvalue weighted by Crippen LogP contribution is -2.48. The minimum atomic E-state index is -0.768. The van der Waals surface area contributed by atoms with E-state index in [4.69, 9.17) is 4.74 Å². The molecule has 1 aromatic heterocycles. The highest BCUT2D eigenvalue weighted by atomic mass is 16.5. The lowest BCUT2D eigenvalue weighted by molar-refractivity contribution is -0.131. The molecule has 0 radical (unpaired) electrons. The SMILES string of the molecule is CCc1nnc2n1C[C@@H](NC(=O)[C@@H]1Cc3ccccc3C(=O)O1)CC2. The van der Waals surface area contributed by atoms with Gasteiger partial charge in [-0.3, -0.25) is 4.79 Å². The zero-order valence-corrected chi connectivity index (χ0v) is 14.1. The number of hydrogen-bond donors (Lipinski definition) is 1. The molecule has 2 atom stereocenters. The number of ether oxygens (including phenoxy) is 1. The summed E-state index contributed by atoms with van der Waals surface area (Å²) in [6.07, 6.45) is 2.05. The number of rotatable bonds is 3. The van der Waals surface area contributed by atoms with Crippen LogP contribution in [0, 0.1) is 0 Å². The Morgan fingerprint density at radius 3 is 3.04 bits per heavy atom. The third kappa shape index (κ3) is 2.90. The molecule has 2 aliphatic heterocycles. The Balaban J connectivity index is 1.44. The number of carbonyl (C=O) groups excluding carboxylic acids is 2. The second kappa shape index (κ2) is 6.31. The Morgan fingerprint density at radius 1 is 1.36 bits per heavy atom. The number of nitrogens with zero attached hydrogens (tertiary/aromatic N) is 3. The number of aromatic nitrogens is 3. The number of aryl methyl sites for hydroxylation is 2. The lowest BCUT2D eigenvalue weighted by atomic mass is 9.98. The highest BCUT2D eigenvalue weighted by Crippen LogP contribution is 2.21. The molecule has 7 heteroatoms. The van der Waals surface area contributed by atoms with E-state index >= 15 is 0 Å². The van der Waals surface area contributed by atoms with E-state index < -0.39 is 12.1 Å². The van der Waals surface area contributed by atoms with Gasteiger partial charge in [-0.05, 0) is 18.1 Å². The summed E-state index contributed by atoms with van der Waals surface area (Å²) in [6.45, 7) is 2.70. The van der Waals surface area contributed by atoms with E-state index in [9.17, 15) is 9.59 Å². The highest BCUT2D eigenvalue weighted by molar-refractivity contribution is 5.95. The van der Waals surface area contributed by atoms with Gasteiger partial charge >= 0.3 is 5.97 Å². The summed E-state index contributed by atoms with van der Waals surface area (Å²) in [5, 5.41) is 11.4. The molecule has 0 saturated heterocycles. The van der Waals surface area contributed by atoms with Crippen molar-refractivity contribution in [2.45, 2.75) is 51.3 Å². The number of esters is 1. The average molecular weight is 340 g/mol. The third-order valence-electron chi connectivity index (χ3n) is 4.87. The van der Waals surface area contributed by atoms with Crippen molar-refractivity contribution < 1.29 is 14.3 Å². The van der Waals surface area contributed by atoms with Crippen LogP contribution in [0.1, 0.15) is 40.9 Å². The predicted octanol–water partition coefficient (Wildman–Crippen LogP) is 1.05. The van der Waals surface area contributed by atoms with Crippen LogP contribution >= 0.6 is 0 Å². The topological polar surface area (TPSA) is 86.1 Å². The van der Waals surface area contributed by atoms with Gasteiger partial charge in [0.05, 0.1) is 5.56 Å². The van der Waals surface area contributed by atoms with Crippen LogP contribution in [0.25, 0.3) is 0 Å². The van der Waals surface area contributed by atoms with E-state index in [-0.39, 0.29) is 11.9 Å². The van der Waals surface area contributed by atoms with E-state index in [0.29, 0.717) is 18.5 Å². The quantitative estimate of drug-likeness (QED) is 0.844. The molecule has 7 nitrogen and oxygen atoms in total. The second-order valence-electron chi connectivity index (χ2n) is 6.50. The summed E-state index contributed by atoms with van der Waals surface area (Å²) in [5.74, 6) is 1.25. The van der Waals surface area contributed by atoms with Crippen molar-refractivity contribution in [3.05, 3.63) is 47.0 Å². The molecule has 0 bridgehead atoms. The molecule has 1 amide bonds. The van der Waals surface area contributed by atoms with Gasteiger partial charge in [0.25, 0.3) is 5.91 Å². The maximum atomic E-state index is 12.6. The molecule has 0 spiro atoms. The van der Waals surface area contributed by atoms with Crippen molar-refractivity contribution in [2.75, 3.05) is 0 Å². The molecule has 0 saturated carbocycles. The Labute approximate surface area is 145 Å². The van der Waals surface area contributed by atoms with Crippen LogP contribution in [0.2, 0.25) is 0 Å². The summed E-state index contributed by atoms with van der Waals surface area (Å²) in [6, 6.07) is 7.26. The number of cyclic esters (lactones) is 1. The molecule has 3 heterocycles.